The van der Waals surface area contributed by atoms with E-state index in [1.165, 1.54) is 28.9 Å². The summed E-state index contributed by atoms with van der Waals surface area (Å²) in [5, 5.41) is 0.695. The van der Waals surface area contributed by atoms with Gasteiger partial charge >= 0.3 is 5.97 Å². The lowest BCUT2D eigenvalue weighted by atomic mass is 10.0. The molecule has 4 aromatic rings. The van der Waals surface area contributed by atoms with Gasteiger partial charge < -0.3 is 4.74 Å². The number of imidazole rings is 1. The monoisotopic (exact) mass is 452 g/mol. The van der Waals surface area contributed by atoms with Crippen molar-refractivity contribution in [3.63, 3.8) is 0 Å². The quantitative estimate of drug-likeness (QED) is 0.338. The molecule has 7 nitrogen and oxygen atoms in total. The second-order valence-corrected chi connectivity index (χ2v) is 9.10. The van der Waals surface area contributed by atoms with Crippen LogP contribution in [0.15, 0.2) is 52.5 Å². The molecule has 0 N–H and O–H groups in total. The molecule has 0 amide bonds. The molecule has 3 heterocycles. The Hall–Kier alpha value is -2.91. The van der Waals surface area contributed by atoms with E-state index >= 15 is 0 Å². The highest BCUT2D eigenvalue weighted by atomic mass is 32.2. The maximum absolute atomic E-state index is 12.8. The van der Waals surface area contributed by atoms with Crippen LogP contribution in [0.1, 0.15) is 39.6 Å². The SMILES string of the molecule is CSc1ncc(C(=O)OCc2cc(=O)n3c4c(sc3n2)CCCC4)n1-c1ccccc1. The zero-order valence-corrected chi connectivity index (χ0v) is 18.5. The normalized spacial score (nSPS) is 13.3. The molecule has 1 aromatic carbocycles. The predicted molar refractivity (Wildman–Crippen MR) is 120 cm³/mol. The van der Waals surface area contributed by atoms with Crippen LogP contribution in [-0.2, 0) is 24.2 Å². The van der Waals surface area contributed by atoms with Gasteiger partial charge in [-0.1, -0.05) is 30.0 Å². The number of benzene rings is 1. The molecule has 0 atom stereocenters. The molecule has 3 aromatic heterocycles. The number of esters is 1. The molecule has 1 aliphatic rings. The van der Waals surface area contributed by atoms with Crippen molar-refractivity contribution in [1.29, 1.82) is 0 Å². The Morgan fingerprint density at radius 3 is 2.84 bits per heavy atom. The first-order valence-corrected chi connectivity index (χ1v) is 12.1. The Balaban J connectivity index is 1.41. The van der Waals surface area contributed by atoms with Crippen molar-refractivity contribution in [3.05, 3.63) is 74.9 Å². The van der Waals surface area contributed by atoms with Gasteiger partial charge in [0.1, 0.15) is 6.61 Å². The molecule has 5 rings (SSSR count). The van der Waals surface area contributed by atoms with Crippen molar-refractivity contribution in [3.8, 4) is 5.69 Å². The molecule has 0 spiro atoms. The van der Waals surface area contributed by atoms with Crippen LogP contribution >= 0.6 is 23.1 Å². The lowest BCUT2D eigenvalue weighted by Crippen LogP contribution is -2.19. The van der Waals surface area contributed by atoms with Crippen molar-refractivity contribution in [1.82, 2.24) is 18.9 Å². The van der Waals surface area contributed by atoms with Crippen LogP contribution in [0.3, 0.4) is 0 Å². The number of aryl methyl sites for hydroxylation is 2. The molecule has 0 bridgehead atoms. The Morgan fingerprint density at radius 2 is 2.03 bits per heavy atom. The zero-order valence-electron chi connectivity index (χ0n) is 16.9. The lowest BCUT2D eigenvalue weighted by molar-refractivity contribution is 0.0457. The molecule has 31 heavy (non-hydrogen) atoms. The molecule has 1 aliphatic carbocycles. The molecule has 158 valence electrons. The van der Waals surface area contributed by atoms with E-state index in [0.717, 1.165) is 37.1 Å². The summed E-state index contributed by atoms with van der Waals surface area (Å²) >= 11 is 3.01. The number of ether oxygens (including phenoxy) is 1. The molecule has 0 aliphatic heterocycles. The summed E-state index contributed by atoms with van der Waals surface area (Å²) in [6, 6.07) is 11.0. The third-order valence-corrected chi connectivity index (χ3v) is 7.10. The third-order valence-electron chi connectivity index (χ3n) is 5.30. The van der Waals surface area contributed by atoms with Crippen molar-refractivity contribution in [2.24, 2.45) is 0 Å². The summed E-state index contributed by atoms with van der Waals surface area (Å²) in [6.45, 7) is -0.0677. The van der Waals surface area contributed by atoms with Gasteiger partial charge in [-0.15, -0.1) is 11.3 Å². The van der Waals surface area contributed by atoms with Crippen molar-refractivity contribution in [2.45, 2.75) is 37.4 Å². The minimum Gasteiger partial charge on any atom is -0.454 e. The molecule has 0 saturated heterocycles. The topological polar surface area (TPSA) is 78.5 Å². The molecular weight excluding hydrogens is 432 g/mol. The molecule has 0 saturated carbocycles. The van der Waals surface area contributed by atoms with Gasteiger partial charge in [0.25, 0.3) is 5.56 Å². The fourth-order valence-electron chi connectivity index (χ4n) is 3.88. The Morgan fingerprint density at radius 1 is 1.23 bits per heavy atom. The first kappa shape index (κ1) is 20.0. The number of rotatable bonds is 5. The van der Waals surface area contributed by atoms with Gasteiger partial charge in [0.2, 0.25) is 0 Å². The number of fused-ring (bicyclic) bond motifs is 3. The number of carbonyl (C=O) groups is 1. The molecular formula is C22H20N4O3S2. The van der Waals surface area contributed by atoms with E-state index in [0.29, 0.717) is 21.5 Å². The van der Waals surface area contributed by atoms with E-state index in [9.17, 15) is 9.59 Å². The standard InChI is InChI=1S/C22H20N4O3S2/c1-30-21-23-12-17(25(21)15-7-3-2-4-8-15)20(28)29-13-14-11-19(27)26-16-9-5-6-10-18(16)31-22(26)24-14/h2-4,7-8,11-12H,5-6,9-10,13H2,1H3. The second kappa shape index (κ2) is 8.32. The summed E-state index contributed by atoms with van der Waals surface area (Å²) in [4.78, 5) is 36.4. The van der Waals surface area contributed by atoms with Gasteiger partial charge in [0.05, 0.1) is 11.9 Å². The first-order chi connectivity index (χ1) is 15.2. The number of thiazole rings is 1. The lowest BCUT2D eigenvalue weighted by Gasteiger charge is -2.11. The average Bonchev–Trinajstić information content (AvgIpc) is 3.39. The van der Waals surface area contributed by atoms with Crippen molar-refractivity contribution >= 4 is 34.0 Å². The van der Waals surface area contributed by atoms with Crippen molar-refractivity contribution in [2.75, 3.05) is 6.26 Å². The summed E-state index contributed by atoms with van der Waals surface area (Å²) in [5.41, 5.74) is 2.59. The second-order valence-electron chi connectivity index (χ2n) is 7.26. The zero-order chi connectivity index (χ0) is 21.4. The summed E-state index contributed by atoms with van der Waals surface area (Å²) < 4.78 is 9.00. The summed E-state index contributed by atoms with van der Waals surface area (Å²) in [6.07, 6.45) is 7.56. The van der Waals surface area contributed by atoms with E-state index in [-0.39, 0.29) is 12.2 Å². The van der Waals surface area contributed by atoms with Gasteiger partial charge in [0, 0.05) is 22.3 Å². The highest BCUT2D eigenvalue weighted by Gasteiger charge is 2.21. The van der Waals surface area contributed by atoms with Crippen LogP contribution in [0, 0.1) is 0 Å². The van der Waals surface area contributed by atoms with Gasteiger partial charge in [-0.2, -0.15) is 0 Å². The minimum atomic E-state index is -0.510. The number of nitrogens with zero attached hydrogens (tertiary/aromatic N) is 4. The fourth-order valence-corrected chi connectivity index (χ4v) is 5.66. The van der Waals surface area contributed by atoms with E-state index in [1.54, 1.807) is 20.3 Å². The Kier molecular flexibility index (Phi) is 5.37. The van der Waals surface area contributed by atoms with Crippen LogP contribution in [0.5, 0.6) is 0 Å². The van der Waals surface area contributed by atoms with Crippen LogP contribution in [0.25, 0.3) is 10.6 Å². The smallest absolute Gasteiger partial charge is 0.357 e. The number of hydrogen-bond donors (Lipinski definition) is 0. The number of hydrogen-bond acceptors (Lipinski definition) is 7. The molecule has 0 unspecified atom stereocenters. The molecule has 0 radical (unpaired) electrons. The highest BCUT2D eigenvalue weighted by Crippen LogP contribution is 2.28. The van der Waals surface area contributed by atoms with Crippen LogP contribution in [0.4, 0.5) is 0 Å². The number of para-hydroxylation sites is 1. The number of thioether (sulfide) groups is 1. The van der Waals surface area contributed by atoms with Crippen LogP contribution in [0.2, 0.25) is 0 Å². The van der Waals surface area contributed by atoms with E-state index in [4.69, 9.17) is 4.74 Å². The predicted octanol–water partition coefficient (Wildman–Crippen LogP) is 3.90. The maximum Gasteiger partial charge on any atom is 0.357 e. The Bertz CT molecular complexity index is 1320. The van der Waals surface area contributed by atoms with Crippen molar-refractivity contribution < 1.29 is 9.53 Å². The van der Waals surface area contributed by atoms with Crippen LogP contribution in [-0.4, -0.2) is 31.2 Å². The minimum absolute atomic E-state index is 0.0677. The van der Waals surface area contributed by atoms with E-state index < -0.39 is 5.97 Å². The van der Waals surface area contributed by atoms with Gasteiger partial charge in [-0.25, -0.2) is 14.8 Å². The first-order valence-electron chi connectivity index (χ1n) is 10.0. The average molecular weight is 453 g/mol. The number of aromatic nitrogens is 4. The van der Waals surface area contributed by atoms with Gasteiger partial charge in [-0.05, 0) is 44.1 Å². The Labute approximate surface area is 186 Å². The molecule has 9 heteroatoms. The van der Waals surface area contributed by atoms with E-state index in [1.807, 2.05) is 36.6 Å². The summed E-state index contributed by atoms with van der Waals surface area (Å²) in [7, 11) is 0. The fraction of sp³-hybridized carbons (Fsp3) is 0.273. The third kappa shape index (κ3) is 3.68. The maximum atomic E-state index is 12.8. The van der Waals surface area contributed by atoms with Crippen LogP contribution < -0.4 is 5.56 Å². The van der Waals surface area contributed by atoms with Gasteiger partial charge in [0.15, 0.2) is 15.8 Å². The van der Waals surface area contributed by atoms with E-state index in [2.05, 4.69) is 9.97 Å². The highest BCUT2D eigenvalue weighted by molar-refractivity contribution is 7.98. The van der Waals surface area contributed by atoms with Gasteiger partial charge in [-0.3, -0.25) is 13.8 Å². The number of carbonyl (C=O) groups excluding carboxylic acids is 1. The summed E-state index contributed by atoms with van der Waals surface area (Å²) in [5.74, 6) is -0.510. The molecule has 0 fully saturated rings. The largest absolute Gasteiger partial charge is 0.454 e.